The van der Waals surface area contributed by atoms with Crippen LogP contribution in [0.25, 0.3) is 11.1 Å². The van der Waals surface area contributed by atoms with E-state index in [1.54, 1.807) is 66.3 Å². The number of anilines is 1. The van der Waals surface area contributed by atoms with E-state index in [4.69, 9.17) is 9.15 Å². The van der Waals surface area contributed by atoms with E-state index < -0.39 is 10.7 Å². The summed E-state index contributed by atoms with van der Waals surface area (Å²) in [6, 6.07) is 18.4. The Morgan fingerprint density at radius 3 is 2.28 bits per heavy atom. The number of non-ortho nitro benzene ring substituents is 1. The van der Waals surface area contributed by atoms with Crippen LogP contribution in [0, 0.1) is 10.1 Å². The second-order valence-corrected chi connectivity index (χ2v) is 8.56. The van der Waals surface area contributed by atoms with E-state index in [0.29, 0.717) is 47.7 Å². The third-order valence-corrected chi connectivity index (χ3v) is 6.42. The average Bonchev–Trinajstić information content (AvgIpc) is 3.22. The first-order valence-corrected chi connectivity index (χ1v) is 11.5. The van der Waals surface area contributed by atoms with Crippen LogP contribution in [0.2, 0.25) is 0 Å². The molecule has 1 fully saturated rings. The molecular formula is C26H24N4O6. The maximum Gasteiger partial charge on any atom is 0.421 e. The summed E-state index contributed by atoms with van der Waals surface area (Å²) in [5, 5.41) is 10.9. The smallest absolute Gasteiger partial charge is 0.421 e. The fourth-order valence-corrected chi connectivity index (χ4v) is 4.38. The van der Waals surface area contributed by atoms with E-state index in [2.05, 4.69) is 9.80 Å². The Morgan fingerprint density at radius 2 is 1.64 bits per heavy atom. The highest BCUT2D eigenvalue weighted by atomic mass is 16.6. The normalized spacial score (nSPS) is 14.2. The van der Waals surface area contributed by atoms with Crippen LogP contribution in [0.1, 0.15) is 15.9 Å². The average molecular weight is 489 g/mol. The van der Waals surface area contributed by atoms with Crippen molar-refractivity contribution in [2.24, 2.45) is 0 Å². The van der Waals surface area contributed by atoms with Gasteiger partial charge < -0.3 is 14.1 Å². The number of benzene rings is 3. The van der Waals surface area contributed by atoms with Gasteiger partial charge in [-0.15, -0.1) is 0 Å². The molecule has 10 nitrogen and oxygen atoms in total. The number of nitrogens with zero attached hydrogens (tertiary/aromatic N) is 4. The van der Waals surface area contributed by atoms with E-state index in [9.17, 15) is 19.7 Å². The Bertz CT molecular complexity index is 1470. The molecule has 0 bridgehead atoms. The summed E-state index contributed by atoms with van der Waals surface area (Å²) in [5.74, 6) is 0.0211. The van der Waals surface area contributed by atoms with Gasteiger partial charge in [0.1, 0.15) is 5.75 Å². The van der Waals surface area contributed by atoms with Gasteiger partial charge in [-0.25, -0.2) is 4.79 Å². The lowest BCUT2D eigenvalue weighted by molar-refractivity contribution is -0.384. The highest BCUT2D eigenvalue weighted by molar-refractivity contribution is 6.10. The van der Waals surface area contributed by atoms with Crippen molar-refractivity contribution in [3.8, 4) is 5.75 Å². The zero-order valence-electron chi connectivity index (χ0n) is 19.6. The molecule has 10 heteroatoms. The second kappa shape index (κ2) is 9.67. The number of carbonyl (C=O) groups excluding carboxylic acids is 1. The molecule has 4 aromatic rings. The quantitative estimate of drug-likeness (QED) is 0.221. The predicted octanol–water partition coefficient (Wildman–Crippen LogP) is 3.52. The van der Waals surface area contributed by atoms with Gasteiger partial charge in [0.25, 0.3) is 5.69 Å². The monoisotopic (exact) mass is 488 g/mol. The van der Waals surface area contributed by atoms with Gasteiger partial charge in [0.05, 0.1) is 24.2 Å². The second-order valence-electron chi connectivity index (χ2n) is 8.56. The lowest BCUT2D eigenvalue weighted by Crippen LogP contribution is -2.47. The molecule has 0 spiro atoms. The molecule has 36 heavy (non-hydrogen) atoms. The number of nitro groups is 1. The van der Waals surface area contributed by atoms with Gasteiger partial charge in [-0.1, -0.05) is 0 Å². The van der Waals surface area contributed by atoms with Crippen LogP contribution in [0.4, 0.5) is 11.4 Å². The third-order valence-electron chi connectivity index (χ3n) is 6.42. The van der Waals surface area contributed by atoms with E-state index >= 15 is 0 Å². The topological polar surface area (TPSA) is 111 Å². The minimum Gasteiger partial charge on any atom is -0.497 e. The van der Waals surface area contributed by atoms with Crippen molar-refractivity contribution < 1.29 is 18.9 Å². The number of piperazine rings is 1. The zero-order chi connectivity index (χ0) is 25.2. The molecule has 0 amide bonds. The van der Waals surface area contributed by atoms with Gasteiger partial charge in [-0.2, -0.15) is 0 Å². The van der Waals surface area contributed by atoms with Crippen molar-refractivity contribution in [3.63, 3.8) is 0 Å². The van der Waals surface area contributed by atoms with Crippen LogP contribution in [-0.2, 0) is 6.67 Å². The molecule has 0 unspecified atom stereocenters. The van der Waals surface area contributed by atoms with Gasteiger partial charge in [0, 0.05) is 55.1 Å². The molecule has 2 heterocycles. The highest BCUT2D eigenvalue weighted by Crippen LogP contribution is 2.22. The summed E-state index contributed by atoms with van der Waals surface area (Å²) < 4.78 is 12.2. The van der Waals surface area contributed by atoms with Gasteiger partial charge in [0.15, 0.2) is 11.4 Å². The molecule has 1 aromatic heterocycles. The lowest BCUT2D eigenvalue weighted by atomic mass is 10.0. The number of ether oxygens (including phenoxy) is 1. The van der Waals surface area contributed by atoms with Gasteiger partial charge in [0.2, 0.25) is 0 Å². The van der Waals surface area contributed by atoms with Crippen molar-refractivity contribution in [1.29, 1.82) is 0 Å². The van der Waals surface area contributed by atoms with Gasteiger partial charge in [-0.3, -0.25) is 24.4 Å². The Morgan fingerprint density at radius 1 is 0.972 bits per heavy atom. The molecule has 1 saturated heterocycles. The number of carbonyl (C=O) groups is 1. The standard InChI is InChI=1S/C26H24N4O6/c1-35-22-9-2-18(3-10-22)25(31)19-4-11-23-24(16-19)36-26(32)29(23)17-27-12-14-28(15-13-27)20-5-7-21(8-6-20)30(33)34/h2-11,16H,12-15,17H2,1H3. The van der Waals surface area contributed by atoms with E-state index in [1.165, 1.54) is 12.1 Å². The fourth-order valence-electron chi connectivity index (χ4n) is 4.38. The van der Waals surface area contributed by atoms with E-state index in [0.717, 1.165) is 18.8 Å². The Kier molecular flexibility index (Phi) is 6.26. The Balaban J connectivity index is 1.27. The van der Waals surface area contributed by atoms with Crippen molar-refractivity contribution in [3.05, 3.63) is 98.5 Å². The largest absolute Gasteiger partial charge is 0.497 e. The maximum atomic E-state index is 12.9. The molecule has 0 radical (unpaired) electrons. The molecule has 184 valence electrons. The number of methoxy groups -OCH3 is 1. The first-order valence-electron chi connectivity index (χ1n) is 11.5. The van der Waals surface area contributed by atoms with Crippen LogP contribution >= 0.6 is 0 Å². The van der Waals surface area contributed by atoms with Gasteiger partial charge in [-0.05, 0) is 54.6 Å². The third kappa shape index (κ3) is 4.58. The SMILES string of the molecule is COc1ccc(C(=O)c2ccc3c(c2)oc(=O)n3CN2CCN(c3ccc([N+](=O)[O-])cc3)CC2)cc1. The van der Waals surface area contributed by atoms with Crippen LogP contribution in [0.3, 0.4) is 0 Å². The molecule has 0 N–H and O–H groups in total. The number of aromatic nitrogens is 1. The number of fused-ring (bicyclic) bond motifs is 1. The van der Waals surface area contributed by atoms with E-state index in [1.807, 2.05) is 0 Å². The zero-order valence-corrected chi connectivity index (χ0v) is 19.6. The predicted molar refractivity (Wildman–Crippen MR) is 134 cm³/mol. The number of oxazole rings is 1. The minimum absolute atomic E-state index is 0.0671. The van der Waals surface area contributed by atoms with Crippen LogP contribution < -0.4 is 15.4 Å². The van der Waals surface area contributed by atoms with Crippen molar-refractivity contribution in [2.75, 3.05) is 38.2 Å². The summed E-state index contributed by atoms with van der Waals surface area (Å²) in [6.45, 7) is 3.24. The number of rotatable bonds is 7. The molecule has 1 aliphatic heterocycles. The number of nitro benzene ring substituents is 1. The molecule has 0 aliphatic carbocycles. The Labute approximate surface area is 206 Å². The molecule has 5 rings (SSSR count). The summed E-state index contributed by atoms with van der Waals surface area (Å²) in [6.07, 6.45) is 0. The summed E-state index contributed by atoms with van der Waals surface area (Å²) in [4.78, 5) is 40.3. The number of hydrogen-bond donors (Lipinski definition) is 0. The van der Waals surface area contributed by atoms with Crippen molar-refractivity contribution in [1.82, 2.24) is 9.47 Å². The molecule has 1 aliphatic rings. The fraction of sp³-hybridized carbons (Fsp3) is 0.231. The molecule has 0 saturated carbocycles. The Hall–Kier alpha value is -4.44. The summed E-state index contributed by atoms with van der Waals surface area (Å²) >= 11 is 0. The minimum atomic E-state index is -0.475. The summed E-state index contributed by atoms with van der Waals surface area (Å²) in [7, 11) is 1.57. The molecular weight excluding hydrogens is 464 g/mol. The number of hydrogen-bond acceptors (Lipinski definition) is 8. The van der Waals surface area contributed by atoms with Crippen LogP contribution in [0.15, 0.2) is 75.9 Å². The highest BCUT2D eigenvalue weighted by Gasteiger charge is 2.21. The number of ketones is 1. The molecule has 0 atom stereocenters. The lowest BCUT2D eigenvalue weighted by Gasteiger charge is -2.36. The van der Waals surface area contributed by atoms with E-state index in [-0.39, 0.29) is 11.5 Å². The first-order chi connectivity index (χ1) is 17.4. The van der Waals surface area contributed by atoms with Crippen molar-refractivity contribution in [2.45, 2.75) is 6.67 Å². The summed E-state index contributed by atoms with van der Waals surface area (Å²) in [5.41, 5.74) is 2.94. The first kappa shape index (κ1) is 23.3. The maximum absolute atomic E-state index is 12.9. The van der Waals surface area contributed by atoms with Crippen LogP contribution in [0.5, 0.6) is 5.75 Å². The van der Waals surface area contributed by atoms with Gasteiger partial charge >= 0.3 is 5.76 Å². The van der Waals surface area contributed by atoms with Crippen molar-refractivity contribution >= 4 is 28.3 Å². The molecule has 3 aromatic carbocycles. The van der Waals surface area contributed by atoms with Crippen LogP contribution in [-0.4, -0.2) is 53.5 Å².